The summed E-state index contributed by atoms with van der Waals surface area (Å²) < 4.78 is 5.89. The molecule has 3 aromatic heterocycles. The molecule has 0 unspecified atom stereocenters. The first-order valence-electron chi connectivity index (χ1n) is 9.87. The van der Waals surface area contributed by atoms with Gasteiger partial charge in [0.1, 0.15) is 5.76 Å². The molecular formula is C21H23N5OS. The molecule has 0 bridgehead atoms. The van der Waals surface area contributed by atoms with Crippen molar-refractivity contribution in [2.24, 2.45) is 4.99 Å². The second-order valence-corrected chi connectivity index (χ2v) is 8.36. The van der Waals surface area contributed by atoms with Crippen molar-refractivity contribution < 1.29 is 4.42 Å². The first-order valence-corrected chi connectivity index (χ1v) is 10.8. The Hall–Kier alpha value is -2.38. The van der Waals surface area contributed by atoms with Gasteiger partial charge in [-0.1, -0.05) is 6.07 Å². The van der Waals surface area contributed by atoms with Gasteiger partial charge >= 0.3 is 0 Å². The molecule has 0 radical (unpaired) electrons. The maximum absolute atomic E-state index is 5.89. The number of nitrogens with zero attached hydrogens (tertiary/aromatic N) is 5. The van der Waals surface area contributed by atoms with Gasteiger partial charge in [-0.2, -0.15) is 0 Å². The van der Waals surface area contributed by atoms with Crippen LogP contribution < -0.4 is 0 Å². The average molecular weight is 394 g/mol. The smallest absolute Gasteiger partial charge is 0.236 e. The van der Waals surface area contributed by atoms with Crippen molar-refractivity contribution in [1.82, 2.24) is 19.9 Å². The fraction of sp³-hybridized carbons (Fsp3) is 0.429. The van der Waals surface area contributed by atoms with Gasteiger partial charge in [0.05, 0.1) is 22.0 Å². The lowest BCUT2D eigenvalue weighted by Gasteiger charge is -2.27. The molecule has 0 saturated carbocycles. The van der Waals surface area contributed by atoms with Crippen LogP contribution >= 0.6 is 11.3 Å². The number of hydrogen-bond acceptors (Lipinski definition) is 7. The topological polar surface area (TPSA) is 67.4 Å². The molecule has 0 amide bonds. The molecule has 0 spiro atoms. The van der Waals surface area contributed by atoms with E-state index in [0.717, 1.165) is 72.8 Å². The molecule has 0 aromatic carbocycles. The summed E-state index contributed by atoms with van der Waals surface area (Å²) >= 11 is 1.65. The molecule has 5 rings (SSSR count). The number of aliphatic imine (C=N–C) groups is 1. The Balaban J connectivity index is 1.30. The third kappa shape index (κ3) is 3.52. The van der Waals surface area contributed by atoms with Crippen molar-refractivity contribution in [1.29, 1.82) is 0 Å². The summed E-state index contributed by atoms with van der Waals surface area (Å²) in [5.74, 6) is 2.46. The van der Waals surface area contributed by atoms with Crippen molar-refractivity contribution in [2.45, 2.75) is 45.7 Å². The predicted molar refractivity (Wildman–Crippen MR) is 110 cm³/mol. The fourth-order valence-electron chi connectivity index (χ4n) is 3.82. The molecule has 0 atom stereocenters. The van der Waals surface area contributed by atoms with Crippen LogP contribution in [0.3, 0.4) is 0 Å². The minimum absolute atomic E-state index is 0.723. The molecule has 5 heterocycles. The lowest BCUT2D eigenvalue weighted by atomic mass is 10.1. The number of thiophene rings is 1. The molecular weight excluding hydrogens is 370 g/mol. The summed E-state index contributed by atoms with van der Waals surface area (Å²) in [6.45, 7) is 5.51. The van der Waals surface area contributed by atoms with Crippen LogP contribution in [-0.2, 0) is 19.5 Å². The highest BCUT2D eigenvalue weighted by Crippen LogP contribution is 2.27. The Morgan fingerprint density at radius 1 is 1.21 bits per heavy atom. The van der Waals surface area contributed by atoms with Crippen molar-refractivity contribution in [3.63, 3.8) is 0 Å². The molecule has 28 heavy (non-hydrogen) atoms. The second-order valence-electron chi connectivity index (χ2n) is 7.41. The maximum atomic E-state index is 5.89. The molecule has 3 aromatic rings. The fourth-order valence-corrected chi connectivity index (χ4v) is 4.47. The molecule has 6 nitrogen and oxygen atoms in total. The van der Waals surface area contributed by atoms with E-state index in [2.05, 4.69) is 14.9 Å². The Morgan fingerprint density at radius 2 is 2.18 bits per heavy atom. The van der Waals surface area contributed by atoms with Crippen molar-refractivity contribution in [3.8, 4) is 10.8 Å². The Labute approximate surface area is 168 Å². The summed E-state index contributed by atoms with van der Waals surface area (Å²) in [6, 6.07) is 4.07. The van der Waals surface area contributed by atoms with Crippen LogP contribution in [0.2, 0.25) is 0 Å². The van der Waals surface area contributed by atoms with E-state index in [4.69, 9.17) is 14.4 Å². The number of aromatic nitrogens is 3. The van der Waals surface area contributed by atoms with Gasteiger partial charge in [0.15, 0.2) is 5.82 Å². The van der Waals surface area contributed by atoms with E-state index in [1.165, 1.54) is 24.1 Å². The average Bonchev–Trinajstić information content (AvgIpc) is 3.39. The molecule has 0 N–H and O–H groups in total. The zero-order valence-corrected chi connectivity index (χ0v) is 16.8. The number of fused-ring (bicyclic) bond motifs is 1. The Kier molecular flexibility index (Phi) is 4.78. The van der Waals surface area contributed by atoms with Gasteiger partial charge in [-0.25, -0.2) is 15.0 Å². The Bertz CT molecular complexity index is 1010. The van der Waals surface area contributed by atoms with Gasteiger partial charge in [0.2, 0.25) is 5.89 Å². The zero-order chi connectivity index (χ0) is 18.9. The van der Waals surface area contributed by atoms with E-state index in [9.17, 15) is 0 Å². The normalized spacial score (nSPS) is 17.4. The summed E-state index contributed by atoms with van der Waals surface area (Å²) in [5.41, 5.74) is 4.48. The third-order valence-electron chi connectivity index (χ3n) is 5.39. The quantitative estimate of drug-likeness (QED) is 0.669. The van der Waals surface area contributed by atoms with Gasteiger partial charge < -0.3 is 4.42 Å². The van der Waals surface area contributed by atoms with Crippen molar-refractivity contribution in [2.75, 3.05) is 13.1 Å². The molecule has 0 aliphatic carbocycles. The predicted octanol–water partition coefficient (Wildman–Crippen LogP) is 4.03. The molecule has 0 fully saturated rings. The van der Waals surface area contributed by atoms with Crippen LogP contribution in [0.5, 0.6) is 0 Å². The monoisotopic (exact) mass is 393 g/mol. The SMILES string of the molecule is Cc1oc(-c2cccs2)nc1CN1CCc2nc(C3=NCCCC3)ncc2C1. The molecule has 0 saturated heterocycles. The molecule has 2 aliphatic rings. The minimum Gasteiger partial charge on any atom is -0.440 e. The highest BCUT2D eigenvalue weighted by Gasteiger charge is 2.22. The van der Waals surface area contributed by atoms with Crippen LogP contribution in [0.1, 0.15) is 47.8 Å². The van der Waals surface area contributed by atoms with Crippen LogP contribution in [0.15, 0.2) is 33.1 Å². The highest BCUT2D eigenvalue weighted by molar-refractivity contribution is 7.13. The van der Waals surface area contributed by atoms with E-state index in [1.807, 2.05) is 30.6 Å². The van der Waals surface area contributed by atoms with Gasteiger partial charge in [-0.3, -0.25) is 9.89 Å². The summed E-state index contributed by atoms with van der Waals surface area (Å²) in [5, 5.41) is 2.04. The van der Waals surface area contributed by atoms with Crippen LogP contribution in [0.4, 0.5) is 0 Å². The summed E-state index contributed by atoms with van der Waals surface area (Å²) in [4.78, 5) is 22.3. The number of rotatable bonds is 4. The van der Waals surface area contributed by atoms with Crippen molar-refractivity contribution in [3.05, 3.63) is 52.2 Å². The summed E-state index contributed by atoms with van der Waals surface area (Å²) in [7, 11) is 0. The number of hydrogen-bond donors (Lipinski definition) is 0. The highest BCUT2D eigenvalue weighted by atomic mass is 32.1. The third-order valence-corrected chi connectivity index (χ3v) is 6.25. The maximum Gasteiger partial charge on any atom is 0.236 e. The van der Waals surface area contributed by atoms with E-state index in [0.29, 0.717) is 0 Å². The van der Waals surface area contributed by atoms with E-state index in [-0.39, 0.29) is 0 Å². The first kappa shape index (κ1) is 17.7. The molecule has 2 aliphatic heterocycles. The number of aryl methyl sites for hydroxylation is 1. The first-order chi connectivity index (χ1) is 13.8. The summed E-state index contributed by atoms with van der Waals surface area (Å²) in [6.07, 6.45) is 6.31. The van der Waals surface area contributed by atoms with Gasteiger partial charge in [-0.15, -0.1) is 11.3 Å². The minimum atomic E-state index is 0.723. The largest absolute Gasteiger partial charge is 0.440 e. The lowest BCUT2D eigenvalue weighted by Crippen LogP contribution is -2.31. The van der Waals surface area contributed by atoms with E-state index < -0.39 is 0 Å². The zero-order valence-electron chi connectivity index (χ0n) is 16.0. The number of oxazole rings is 1. The van der Waals surface area contributed by atoms with Gasteiger partial charge in [-0.05, 0) is 37.6 Å². The standard InChI is InChI=1S/C21H23N5OS/c1-14-18(25-21(27-14)19-6-4-10-28-19)13-26-9-7-16-15(12-26)11-23-20(24-16)17-5-2-3-8-22-17/h4,6,10-11H,2-3,5,7-9,12-13H2,1H3. The van der Waals surface area contributed by atoms with Gasteiger partial charge in [0, 0.05) is 44.4 Å². The second kappa shape index (κ2) is 7.56. The molecule has 7 heteroatoms. The van der Waals surface area contributed by atoms with Crippen LogP contribution in [-0.4, -0.2) is 38.7 Å². The van der Waals surface area contributed by atoms with Crippen LogP contribution in [0.25, 0.3) is 10.8 Å². The van der Waals surface area contributed by atoms with E-state index in [1.54, 1.807) is 11.3 Å². The Morgan fingerprint density at radius 3 is 3.00 bits per heavy atom. The van der Waals surface area contributed by atoms with Crippen molar-refractivity contribution >= 4 is 17.0 Å². The lowest BCUT2D eigenvalue weighted by molar-refractivity contribution is 0.239. The molecule has 144 valence electrons. The van der Waals surface area contributed by atoms with Crippen LogP contribution in [0, 0.1) is 6.92 Å². The van der Waals surface area contributed by atoms with Gasteiger partial charge in [0.25, 0.3) is 0 Å². The van der Waals surface area contributed by atoms with E-state index >= 15 is 0 Å².